The third kappa shape index (κ3) is 3.60. The molecular formula is C25H23ClN2O4S. The van der Waals surface area contributed by atoms with Gasteiger partial charge in [0.25, 0.3) is 0 Å². The van der Waals surface area contributed by atoms with Crippen LogP contribution in [0.15, 0.2) is 70.0 Å². The van der Waals surface area contributed by atoms with Gasteiger partial charge >= 0.3 is 0 Å². The number of furan rings is 1. The SMILES string of the molecule is O=S(=O)(c1ccc2oc3ccccc3c2c1)N1CCC(N2COCc3cc(Cl)ccc32)CC1. The van der Waals surface area contributed by atoms with Crippen LogP contribution in [0.4, 0.5) is 5.69 Å². The standard InChI is InChI=1S/C25H23ClN2O4S/c26-18-5-7-23-17(13-18)15-31-16-28(23)19-9-11-27(12-10-19)33(29,30)20-6-8-25-22(14-20)21-3-1-2-4-24(21)32-25/h1-8,13-14,19H,9-12,15-16H2. The second kappa shape index (κ2) is 8.02. The lowest BCUT2D eigenvalue weighted by Crippen LogP contribution is -2.48. The Morgan fingerprint density at radius 1 is 0.909 bits per heavy atom. The van der Waals surface area contributed by atoms with Gasteiger partial charge in [-0.25, -0.2) is 8.42 Å². The molecular weight excluding hydrogens is 460 g/mol. The first-order valence-corrected chi connectivity index (χ1v) is 12.9. The van der Waals surface area contributed by atoms with E-state index in [1.807, 2.05) is 42.5 Å². The smallest absolute Gasteiger partial charge is 0.243 e. The average molecular weight is 483 g/mol. The minimum absolute atomic E-state index is 0.219. The normalized spacial score (nSPS) is 18.2. The molecule has 0 saturated carbocycles. The third-order valence-corrected chi connectivity index (χ3v) is 8.82. The second-order valence-corrected chi connectivity index (χ2v) is 11.0. The van der Waals surface area contributed by atoms with E-state index in [1.54, 1.807) is 22.5 Å². The predicted octanol–water partition coefficient (Wildman–Crippen LogP) is 5.39. The Labute approximate surface area is 197 Å². The van der Waals surface area contributed by atoms with E-state index in [0.717, 1.165) is 40.4 Å². The van der Waals surface area contributed by atoms with Crippen LogP contribution in [0.3, 0.4) is 0 Å². The van der Waals surface area contributed by atoms with Gasteiger partial charge in [-0.15, -0.1) is 0 Å². The van der Waals surface area contributed by atoms with Crippen LogP contribution < -0.4 is 4.90 Å². The lowest BCUT2D eigenvalue weighted by atomic mass is 10.0. The zero-order chi connectivity index (χ0) is 22.6. The summed E-state index contributed by atoms with van der Waals surface area (Å²) in [7, 11) is -3.60. The van der Waals surface area contributed by atoms with Gasteiger partial charge in [0, 0.05) is 46.2 Å². The molecule has 2 aliphatic heterocycles. The monoisotopic (exact) mass is 482 g/mol. The van der Waals surface area contributed by atoms with Gasteiger partial charge in [-0.1, -0.05) is 29.8 Å². The Morgan fingerprint density at radius 3 is 2.55 bits per heavy atom. The molecule has 3 aromatic carbocycles. The van der Waals surface area contributed by atoms with Gasteiger partial charge < -0.3 is 14.1 Å². The number of nitrogens with zero attached hydrogens (tertiary/aromatic N) is 2. The Balaban J connectivity index is 1.23. The summed E-state index contributed by atoms with van der Waals surface area (Å²) in [6.45, 7) is 1.99. The van der Waals surface area contributed by atoms with E-state index in [1.165, 1.54) is 0 Å². The minimum atomic E-state index is -3.60. The lowest BCUT2D eigenvalue weighted by Gasteiger charge is -2.41. The maximum Gasteiger partial charge on any atom is 0.243 e. The van der Waals surface area contributed by atoms with Crippen molar-refractivity contribution in [1.29, 1.82) is 0 Å². The molecule has 0 bridgehead atoms. The number of para-hydroxylation sites is 1. The highest BCUT2D eigenvalue weighted by Gasteiger charge is 2.33. The van der Waals surface area contributed by atoms with Gasteiger partial charge in [0.1, 0.15) is 17.9 Å². The van der Waals surface area contributed by atoms with Crippen molar-refractivity contribution in [3.63, 3.8) is 0 Å². The van der Waals surface area contributed by atoms with Crippen molar-refractivity contribution in [3.05, 3.63) is 71.2 Å². The van der Waals surface area contributed by atoms with E-state index in [9.17, 15) is 8.42 Å². The number of anilines is 1. The number of rotatable bonds is 3. The molecule has 0 N–H and O–H groups in total. The quantitative estimate of drug-likeness (QED) is 0.392. The molecule has 0 aliphatic carbocycles. The first-order valence-electron chi connectivity index (χ1n) is 11.0. The van der Waals surface area contributed by atoms with Gasteiger partial charge in [-0.3, -0.25) is 0 Å². The number of benzene rings is 3. The van der Waals surface area contributed by atoms with Crippen LogP contribution in [0.2, 0.25) is 5.02 Å². The van der Waals surface area contributed by atoms with E-state index >= 15 is 0 Å². The van der Waals surface area contributed by atoms with Crippen molar-refractivity contribution in [2.75, 3.05) is 24.7 Å². The van der Waals surface area contributed by atoms with E-state index in [4.69, 9.17) is 20.8 Å². The first kappa shape index (κ1) is 21.0. The van der Waals surface area contributed by atoms with E-state index in [2.05, 4.69) is 4.90 Å². The molecule has 1 aromatic heterocycles. The summed E-state index contributed by atoms with van der Waals surface area (Å²) in [5.74, 6) is 0. The molecule has 2 aliphatic rings. The molecule has 0 radical (unpaired) electrons. The average Bonchev–Trinajstić information content (AvgIpc) is 3.21. The summed E-state index contributed by atoms with van der Waals surface area (Å²) in [4.78, 5) is 2.55. The summed E-state index contributed by atoms with van der Waals surface area (Å²) in [6.07, 6.45) is 1.48. The molecule has 1 fully saturated rings. The highest BCUT2D eigenvalue weighted by Crippen LogP contribution is 2.35. The second-order valence-electron chi connectivity index (χ2n) is 8.61. The predicted molar refractivity (Wildman–Crippen MR) is 129 cm³/mol. The van der Waals surface area contributed by atoms with Crippen molar-refractivity contribution < 1.29 is 17.6 Å². The van der Waals surface area contributed by atoms with Crippen molar-refractivity contribution in [1.82, 2.24) is 4.31 Å². The Bertz CT molecular complexity index is 1460. The fraction of sp³-hybridized carbons (Fsp3) is 0.280. The number of ether oxygens (including phenoxy) is 1. The van der Waals surface area contributed by atoms with Crippen molar-refractivity contribution in [2.45, 2.75) is 30.4 Å². The molecule has 0 amide bonds. The maximum atomic E-state index is 13.5. The molecule has 1 saturated heterocycles. The fourth-order valence-electron chi connectivity index (χ4n) is 4.98. The molecule has 170 valence electrons. The van der Waals surface area contributed by atoms with Crippen LogP contribution in [0, 0.1) is 0 Å². The van der Waals surface area contributed by atoms with Gasteiger partial charge in [-0.05, 0) is 55.3 Å². The van der Waals surface area contributed by atoms with E-state index in [0.29, 0.717) is 41.9 Å². The van der Waals surface area contributed by atoms with Gasteiger partial charge in [-0.2, -0.15) is 4.31 Å². The number of fused-ring (bicyclic) bond motifs is 4. The molecule has 33 heavy (non-hydrogen) atoms. The molecule has 6 rings (SSSR count). The Morgan fingerprint density at radius 2 is 1.70 bits per heavy atom. The number of piperidine rings is 1. The van der Waals surface area contributed by atoms with Crippen molar-refractivity contribution >= 4 is 49.3 Å². The third-order valence-electron chi connectivity index (χ3n) is 6.69. The van der Waals surface area contributed by atoms with Gasteiger partial charge in [0.15, 0.2) is 0 Å². The molecule has 0 unspecified atom stereocenters. The topological polar surface area (TPSA) is 63.0 Å². The largest absolute Gasteiger partial charge is 0.456 e. The summed E-state index contributed by atoms with van der Waals surface area (Å²) < 4.78 is 40.1. The fourth-order valence-corrected chi connectivity index (χ4v) is 6.68. The zero-order valence-electron chi connectivity index (χ0n) is 17.9. The summed E-state index contributed by atoms with van der Waals surface area (Å²) in [5.41, 5.74) is 3.65. The van der Waals surface area contributed by atoms with Crippen LogP contribution >= 0.6 is 11.6 Å². The molecule has 0 spiro atoms. The number of halogens is 1. The maximum absolute atomic E-state index is 13.5. The molecule has 4 aromatic rings. The van der Waals surface area contributed by atoms with Crippen molar-refractivity contribution in [2.24, 2.45) is 0 Å². The first-order chi connectivity index (χ1) is 16.0. The molecule has 6 nitrogen and oxygen atoms in total. The zero-order valence-corrected chi connectivity index (χ0v) is 19.5. The van der Waals surface area contributed by atoms with Crippen LogP contribution in [0.5, 0.6) is 0 Å². The van der Waals surface area contributed by atoms with Crippen LogP contribution in [-0.2, 0) is 21.4 Å². The van der Waals surface area contributed by atoms with E-state index in [-0.39, 0.29) is 6.04 Å². The number of hydrogen-bond acceptors (Lipinski definition) is 5. The van der Waals surface area contributed by atoms with Gasteiger partial charge in [0.05, 0.1) is 11.5 Å². The summed E-state index contributed by atoms with van der Waals surface area (Å²) in [6, 6.07) is 18.9. The minimum Gasteiger partial charge on any atom is -0.456 e. The van der Waals surface area contributed by atoms with E-state index < -0.39 is 10.0 Å². The molecule has 3 heterocycles. The highest BCUT2D eigenvalue weighted by atomic mass is 35.5. The Kier molecular flexibility index (Phi) is 5.10. The summed E-state index contributed by atoms with van der Waals surface area (Å²) in [5, 5.41) is 2.44. The lowest BCUT2D eigenvalue weighted by molar-refractivity contribution is 0.0988. The number of hydrogen-bond donors (Lipinski definition) is 0. The van der Waals surface area contributed by atoms with Crippen LogP contribution in [0.1, 0.15) is 18.4 Å². The molecule has 8 heteroatoms. The van der Waals surface area contributed by atoms with Crippen LogP contribution in [-0.4, -0.2) is 38.6 Å². The summed E-state index contributed by atoms with van der Waals surface area (Å²) >= 11 is 6.15. The van der Waals surface area contributed by atoms with Crippen molar-refractivity contribution in [3.8, 4) is 0 Å². The number of sulfonamides is 1. The van der Waals surface area contributed by atoms with Gasteiger partial charge in [0.2, 0.25) is 10.0 Å². The highest BCUT2D eigenvalue weighted by molar-refractivity contribution is 7.89. The molecule has 0 atom stereocenters. The van der Waals surface area contributed by atoms with Crippen LogP contribution in [0.25, 0.3) is 21.9 Å². The Hall–Kier alpha value is -2.58.